The molecule has 1 nitrogen and oxygen atoms in total. The molecule has 2 aromatic rings. The summed E-state index contributed by atoms with van der Waals surface area (Å²) in [6.45, 7) is 1.81. The molecule has 0 aromatic heterocycles. The maximum Gasteiger partial charge on any atom is 0.196 e. The van der Waals surface area contributed by atoms with Gasteiger partial charge in [-0.05, 0) is 30.7 Å². The molecule has 2 rings (SSSR count). The zero-order valence-corrected chi connectivity index (χ0v) is 11.6. The lowest BCUT2D eigenvalue weighted by Crippen LogP contribution is -2.09. The van der Waals surface area contributed by atoms with Crippen LogP contribution in [0.25, 0.3) is 0 Å². The van der Waals surface area contributed by atoms with Crippen molar-refractivity contribution in [1.29, 1.82) is 0 Å². The minimum atomic E-state index is -1.47. The van der Waals surface area contributed by atoms with Crippen LogP contribution >= 0.6 is 15.9 Å². The lowest BCUT2D eigenvalue weighted by molar-refractivity contribution is 0.448. The van der Waals surface area contributed by atoms with Crippen molar-refractivity contribution < 1.29 is 13.2 Å². The van der Waals surface area contributed by atoms with Crippen LogP contribution in [-0.4, -0.2) is 0 Å². The minimum absolute atomic E-state index is 0.0675. The van der Waals surface area contributed by atoms with Crippen LogP contribution < -0.4 is 5.32 Å². The van der Waals surface area contributed by atoms with E-state index in [1.165, 1.54) is 6.07 Å². The summed E-state index contributed by atoms with van der Waals surface area (Å²) in [5.74, 6) is -3.88. The summed E-state index contributed by atoms with van der Waals surface area (Å²) in [4.78, 5) is 0. The predicted octanol–water partition coefficient (Wildman–Crippen LogP) is 5.04. The molecule has 0 aliphatic heterocycles. The molecule has 19 heavy (non-hydrogen) atoms. The van der Waals surface area contributed by atoms with Crippen LogP contribution in [0.5, 0.6) is 0 Å². The summed E-state index contributed by atoms with van der Waals surface area (Å²) in [5, 5.41) is 2.82. The average Bonchev–Trinajstić information content (AvgIpc) is 2.40. The first-order valence-electron chi connectivity index (χ1n) is 5.65. The maximum absolute atomic E-state index is 13.5. The van der Waals surface area contributed by atoms with E-state index in [0.717, 1.165) is 16.1 Å². The predicted molar refractivity (Wildman–Crippen MR) is 72.5 cm³/mol. The third kappa shape index (κ3) is 2.92. The van der Waals surface area contributed by atoms with Crippen LogP contribution in [0.1, 0.15) is 18.5 Å². The quantitative estimate of drug-likeness (QED) is 0.778. The largest absolute Gasteiger partial charge is 0.376 e. The first kappa shape index (κ1) is 13.9. The van der Waals surface area contributed by atoms with E-state index in [4.69, 9.17) is 0 Å². The topological polar surface area (TPSA) is 12.0 Å². The lowest BCUT2D eigenvalue weighted by atomic mass is 10.1. The van der Waals surface area contributed by atoms with Gasteiger partial charge < -0.3 is 5.32 Å². The second-order valence-electron chi connectivity index (χ2n) is 4.11. The number of anilines is 1. The zero-order chi connectivity index (χ0) is 14.0. The lowest BCUT2D eigenvalue weighted by Gasteiger charge is -2.17. The molecule has 1 unspecified atom stereocenters. The molecule has 0 spiro atoms. The third-order valence-electron chi connectivity index (χ3n) is 2.78. The summed E-state index contributed by atoms with van der Waals surface area (Å²) < 4.78 is 40.4. The SMILES string of the molecule is CC(Nc1ccc(F)c(F)c1F)c1ccccc1Br. The molecule has 0 bridgehead atoms. The standard InChI is InChI=1S/C14H11BrF3N/c1-8(9-4-2-3-5-10(9)15)19-12-7-6-11(16)13(17)14(12)18/h2-8,19H,1H3. The first-order chi connectivity index (χ1) is 9.00. The van der Waals surface area contributed by atoms with Crippen molar-refractivity contribution in [2.24, 2.45) is 0 Å². The van der Waals surface area contributed by atoms with Gasteiger partial charge in [0.25, 0.3) is 0 Å². The summed E-state index contributed by atoms with van der Waals surface area (Å²) in [5.41, 5.74) is 0.828. The minimum Gasteiger partial charge on any atom is -0.376 e. The Kier molecular flexibility index (Phi) is 4.14. The van der Waals surface area contributed by atoms with Gasteiger partial charge in [-0.2, -0.15) is 0 Å². The van der Waals surface area contributed by atoms with Gasteiger partial charge in [-0.15, -0.1) is 0 Å². The molecule has 100 valence electrons. The molecule has 0 heterocycles. The molecule has 5 heteroatoms. The van der Waals surface area contributed by atoms with E-state index < -0.39 is 17.5 Å². The van der Waals surface area contributed by atoms with Crippen LogP contribution in [0.4, 0.5) is 18.9 Å². The van der Waals surface area contributed by atoms with Gasteiger partial charge in [0.05, 0.1) is 5.69 Å². The molecule has 0 aliphatic rings. The highest BCUT2D eigenvalue weighted by atomic mass is 79.9. The molecule has 0 fully saturated rings. The Bertz CT molecular complexity index is 601. The number of rotatable bonds is 3. The molecule has 1 atom stereocenters. The summed E-state index contributed by atoms with van der Waals surface area (Å²) in [7, 11) is 0. The van der Waals surface area contributed by atoms with Crippen LogP contribution in [0.2, 0.25) is 0 Å². The Morgan fingerprint density at radius 2 is 1.68 bits per heavy atom. The number of nitrogens with one attached hydrogen (secondary N) is 1. The van der Waals surface area contributed by atoms with Gasteiger partial charge in [0.1, 0.15) is 0 Å². The van der Waals surface area contributed by atoms with Gasteiger partial charge in [-0.25, -0.2) is 13.2 Å². The van der Waals surface area contributed by atoms with E-state index in [1.54, 1.807) is 6.92 Å². The van der Waals surface area contributed by atoms with Gasteiger partial charge >= 0.3 is 0 Å². The smallest absolute Gasteiger partial charge is 0.196 e. The molecule has 0 saturated heterocycles. The van der Waals surface area contributed by atoms with Crippen molar-refractivity contribution in [3.8, 4) is 0 Å². The second kappa shape index (κ2) is 5.65. The third-order valence-corrected chi connectivity index (χ3v) is 3.50. The van der Waals surface area contributed by atoms with Crippen molar-refractivity contribution in [3.05, 3.63) is 63.9 Å². The Hall–Kier alpha value is -1.49. The maximum atomic E-state index is 13.5. The normalized spacial score (nSPS) is 12.3. The molecular weight excluding hydrogens is 319 g/mol. The number of hydrogen-bond acceptors (Lipinski definition) is 1. The van der Waals surface area contributed by atoms with Crippen molar-refractivity contribution in [3.63, 3.8) is 0 Å². The van der Waals surface area contributed by atoms with E-state index in [1.807, 2.05) is 24.3 Å². The van der Waals surface area contributed by atoms with E-state index in [2.05, 4.69) is 21.2 Å². The van der Waals surface area contributed by atoms with Gasteiger partial charge in [0.15, 0.2) is 17.5 Å². The highest BCUT2D eigenvalue weighted by Gasteiger charge is 2.16. The Morgan fingerprint density at radius 1 is 1.00 bits per heavy atom. The highest BCUT2D eigenvalue weighted by Crippen LogP contribution is 2.28. The van der Waals surface area contributed by atoms with Gasteiger partial charge in [0.2, 0.25) is 0 Å². The Labute approximate surface area is 117 Å². The fourth-order valence-electron chi connectivity index (χ4n) is 1.77. The van der Waals surface area contributed by atoms with Crippen molar-refractivity contribution in [2.75, 3.05) is 5.32 Å². The summed E-state index contributed by atoms with van der Waals surface area (Å²) in [6, 6.07) is 9.25. The van der Waals surface area contributed by atoms with Crippen molar-refractivity contribution >= 4 is 21.6 Å². The van der Waals surface area contributed by atoms with Crippen molar-refractivity contribution in [2.45, 2.75) is 13.0 Å². The average molecular weight is 330 g/mol. The molecule has 0 radical (unpaired) electrons. The molecule has 1 N–H and O–H groups in total. The number of benzene rings is 2. The molecule has 2 aromatic carbocycles. The highest BCUT2D eigenvalue weighted by molar-refractivity contribution is 9.10. The van der Waals surface area contributed by atoms with E-state index in [9.17, 15) is 13.2 Å². The van der Waals surface area contributed by atoms with Crippen LogP contribution in [0.15, 0.2) is 40.9 Å². The van der Waals surface area contributed by atoms with Crippen LogP contribution in [0.3, 0.4) is 0 Å². The molecular formula is C14H11BrF3N. The first-order valence-corrected chi connectivity index (χ1v) is 6.44. The molecule has 0 amide bonds. The summed E-state index contributed by atoms with van der Waals surface area (Å²) in [6.07, 6.45) is 0. The fourth-order valence-corrected chi connectivity index (χ4v) is 2.40. The number of hydrogen-bond donors (Lipinski definition) is 1. The number of halogens is 4. The van der Waals surface area contributed by atoms with Crippen LogP contribution in [-0.2, 0) is 0 Å². The summed E-state index contributed by atoms with van der Waals surface area (Å²) >= 11 is 3.39. The fraction of sp³-hybridized carbons (Fsp3) is 0.143. The van der Waals surface area contributed by atoms with E-state index in [-0.39, 0.29) is 11.7 Å². The monoisotopic (exact) mass is 329 g/mol. The Balaban J connectivity index is 2.27. The van der Waals surface area contributed by atoms with Crippen LogP contribution in [0, 0.1) is 17.5 Å². The molecule has 0 saturated carbocycles. The van der Waals surface area contributed by atoms with E-state index >= 15 is 0 Å². The van der Waals surface area contributed by atoms with Gasteiger partial charge in [0, 0.05) is 10.5 Å². The van der Waals surface area contributed by atoms with E-state index in [0.29, 0.717) is 0 Å². The zero-order valence-electron chi connectivity index (χ0n) is 10.1. The second-order valence-corrected chi connectivity index (χ2v) is 4.96. The van der Waals surface area contributed by atoms with Gasteiger partial charge in [-0.3, -0.25) is 0 Å². The molecule has 0 aliphatic carbocycles. The van der Waals surface area contributed by atoms with Gasteiger partial charge in [-0.1, -0.05) is 34.1 Å². The van der Waals surface area contributed by atoms with Crippen molar-refractivity contribution in [1.82, 2.24) is 0 Å². The Morgan fingerprint density at radius 3 is 2.37 bits per heavy atom.